The van der Waals surface area contributed by atoms with E-state index in [1.807, 2.05) is 31.2 Å². The molecule has 1 aromatic carbocycles. The van der Waals surface area contributed by atoms with E-state index in [1.54, 1.807) is 0 Å². The van der Waals surface area contributed by atoms with Crippen LogP contribution in [-0.4, -0.2) is 27.0 Å². The Balaban J connectivity index is 2.12. The van der Waals surface area contributed by atoms with Crippen LogP contribution in [0.25, 0.3) is 22.4 Å². The fourth-order valence-electron chi connectivity index (χ4n) is 2.03. The van der Waals surface area contributed by atoms with Crippen molar-refractivity contribution in [1.82, 2.24) is 20.4 Å². The average molecular weight is 270 g/mol. The number of nitrogens with zero attached hydrogens (tertiary/aromatic N) is 2. The summed E-state index contributed by atoms with van der Waals surface area (Å²) < 4.78 is 5.71. The summed E-state index contributed by atoms with van der Waals surface area (Å²) in [6.45, 7) is 2.68. The maximum absolute atomic E-state index is 12.0. The van der Waals surface area contributed by atoms with Crippen molar-refractivity contribution in [2.45, 2.75) is 13.3 Å². The van der Waals surface area contributed by atoms with Crippen LogP contribution in [0.4, 0.5) is 0 Å². The molecule has 0 radical (unpaired) electrons. The number of aromatic amines is 2. The zero-order chi connectivity index (χ0) is 13.9. The van der Waals surface area contributed by atoms with E-state index in [1.165, 1.54) is 6.07 Å². The second-order valence-electron chi connectivity index (χ2n) is 4.43. The van der Waals surface area contributed by atoms with Crippen LogP contribution in [0.2, 0.25) is 0 Å². The number of ether oxygens (including phenoxy) is 1. The molecule has 0 saturated carbocycles. The molecule has 20 heavy (non-hydrogen) atoms. The highest BCUT2D eigenvalue weighted by Gasteiger charge is 2.10. The summed E-state index contributed by atoms with van der Waals surface area (Å²) in [5.41, 5.74) is 2.17. The molecule has 2 N–H and O–H groups in total. The monoisotopic (exact) mass is 270 g/mol. The summed E-state index contributed by atoms with van der Waals surface area (Å²) in [5.74, 6) is 0.743. The third kappa shape index (κ3) is 2.16. The second-order valence-corrected chi connectivity index (χ2v) is 4.43. The predicted molar refractivity (Wildman–Crippen MR) is 75.7 cm³/mol. The summed E-state index contributed by atoms with van der Waals surface area (Å²) in [7, 11) is 0. The van der Waals surface area contributed by atoms with Crippen LogP contribution in [0.1, 0.15) is 13.3 Å². The first-order valence-electron chi connectivity index (χ1n) is 6.46. The predicted octanol–water partition coefficient (Wildman–Crippen LogP) is 2.10. The molecule has 0 bridgehead atoms. The molecule has 0 unspecified atom stereocenters. The summed E-state index contributed by atoms with van der Waals surface area (Å²) in [6, 6.07) is 9.12. The van der Waals surface area contributed by atoms with E-state index in [-0.39, 0.29) is 5.43 Å². The molecule has 3 rings (SSSR count). The van der Waals surface area contributed by atoms with Crippen molar-refractivity contribution >= 4 is 11.2 Å². The van der Waals surface area contributed by atoms with E-state index in [2.05, 4.69) is 20.4 Å². The molecule has 3 aromatic rings. The van der Waals surface area contributed by atoms with Crippen molar-refractivity contribution in [3.05, 3.63) is 40.6 Å². The Kier molecular flexibility index (Phi) is 3.20. The molecule has 2 aromatic heterocycles. The lowest BCUT2D eigenvalue weighted by atomic mass is 10.1. The van der Waals surface area contributed by atoms with E-state index in [0.29, 0.717) is 23.5 Å². The number of aromatic nitrogens is 4. The Morgan fingerprint density at radius 1 is 1.30 bits per heavy atom. The number of H-pyrrole nitrogens is 2. The molecule has 0 aliphatic heterocycles. The van der Waals surface area contributed by atoms with E-state index in [0.717, 1.165) is 17.7 Å². The van der Waals surface area contributed by atoms with E-state index in [4.69, 9.17) is 4.74 Å². The molecule has 2 heterocycles. The van der Waals surface area contributed by atoms with Crippen LogP contribution in [-0.2, 0) is 0 Å². The van der Waals surface area contributed by atoms with Gasteiger partial charge in [-0.2, -0.15) is 0 Å². The lowest BCUT2D eigenvalue weighted by Crippen LogP contribution is -2.04. The van der Waals surface area contributed by atoms with Gasteiger partial charge in [0, 0.05) is 11.6 Å². The van der Waals surface area contributed by atoms with Gasteiger partial charge in [-0.05, 0) is 18.6 Å². The highest BCUT2D eigenvalue weighted by atomic mass is 16.5. The van der Waals surface area contributed by atoms with Gasteiger partial charge in [-0.15, -0.1) is 5.10 Å². The van der Waals surface area contributed by atoms with Gasteiger partial charge in [0.1, 0.15) is 11.3 Å². The van der Waals surface area contributed by atoms with Crippen molar-refractivity contribution in [1.29, 1.82) is 0 Å². The Bertz CT molecular complexity index is 791. The number of fused-ring (bicyclic) bond motifs is 1. The highest BCUT2D eigenvalue weighted by molar-refractivity contribution is 5.76. The Labute approximate surface area is 114 Å². The maximum Gasteiger partial charge on any atom is 0.209 e. The number of nitrogens with one attached hydrogen (secondary N) is 2. The molecule has 0 aliphatic carbocycles. The summed E-state index contributed by atoms with van der Waals surface area (Å²) in [4.78, 5) is 15.1. The van der Waals surface area contributed by atoms with Crippen LogP contribution >= 0.6 is 0 Å². The van der Waals surface area contributed by atoms with Crippen molar-refractivity contribution in [3.8, 4) is 17.0 Å². The minimum atomic E-state index is -0.149. The molecule has 0 spiro atoms. The zero-order valence-electron chi connectivity index (χ0n) is 11.0. The number of para-hydroxylation sites is 1. The molecule has 6 nitrogen and oxygen atoms in total. The minimum Gasteiger partial charge on any atom is -0.493 e. The minimum absolute atomic E-state index is 0.149. The zero-order valence-corrected chi connectivity index (χ0v) is 11.0. The fraction of sp³-hybridized carbons (Fsp3) is 0.214. The van der Waals surface area contributed by atoms with E-state index >= 15 is 0 Å². The fourth-order valence-corrected chi connectivity index (χ4v) is 2.03. The van der Waals surface area contributed by atoms with Gasteiger partial charge in [0.15, 0.2) is 5.65 Å². The van der Waals surface area contributed by atoms with E-state index in [9.17, 15) is 4.79 Å². The lowest BCUT2D eigenvalue weighted by Gasteiger charge is -2.10. The number of hydrogen-bond donors (Lipinski definition) is 2. The van der Waals surface area contributed by atoms with Crippen molar-refractivity contribution in [2.75, 3.05) is 6.61 Å². The Morgan fingerprint density at radius 2 is 2.15 bits per heavy atom. The molecular formula is C14H14N4O2. The van der Waals surface area contributed by atoms with Crippen molar-refractivity contribution in [3.63, 3.8) is 0 Å². The third-order valence-electron chi connectivity index (χ3n) is 2.96. The highest BCUT2D eigenvalue weighted by Crippen LogP contribution is 2.28. The largest absolute Gasteiger partial charge is 0.493 e. The van der Waals surface area contributed by atoms with Crippen LogP contribution in [0.5, 0.6) is 5.75 Å². The smallest absolute Gasteiger partial charge is 0.209 e. The first kappa shape index (κ1) is 12.4. The maximum atomic E-state index is 12.0. The molecule has 0 fully saturated rings. The van der Waals surface area contributed by atoms with Gasteiger partial charge >= 0.3 is 0 Å². The van der Waals surface area contributed by atoms with E-state index < -0.39 is 0 Å². The molecule has 6 heteroatoms. The Morgan fingerprint density at radius 3 is 3.00 bits per heavy atom. The molecule has 0 amide bonds. The molecule has 0 saturated heterocycles. The SMILES string of the molecule is CCCOc1ccccc1-c1cc(=O)c2[nH]nnc2[nH]1. The molecular weight excluding hydrogens is 256 g/mol. The first-order chi connectivity index (χ1) is 9.79. The van der Waals surface area contributed by atoms with Crippen LogP contribution in [0, 0.1) is 0 Å². The van der Waals surface area contributed by atoms with Gasteiger partial charge in [-0.1, -0.05) is 24.3 Å². The van der Waals surface area contributed by atoms with Crippen LogP contribution in [0.3, 0.4) is 0 Å². The second kappa shape index (κ2) is 5.16. The van der Waals surface area contributed by atoms with Gasteiger partial charge in [0.2, 0.25) is 5.43 Å². The van der Waals surface area contributed by atoms with Gasteiger partial charge in [-0.3, -0.25) is 9.89 Å². The summed E-state index contributed by atoms with van der Waals surface area (Å²) in [5, 5.41) is 10.1. The third-order valence-corrected chi connectivity index (χ3v) is 2.96. The number of hydrogen-bond acceptors (Lipinski definition) is 4. The number of benzene rings is 1. The topological polar surface area (TPSA) is 83.7 Å². The normalized spacial score (nSPS) is 10.8. The Hall–Kier alpha value is -2.63. The van der Waals surface area contributed by atoms with Gasteiger partial charge in [-0.25, -0.2) is 0 Å². The number of pyridine rings is 1. The number of rotatable bonds is 4. The van der Waals surface area contributed by atoms with Gasteiger partial charge in [0.25, 0.3) is 0 Å². The quantitative estimate of drug-likeness (QED) is 0.760. The van der Waals surface area contributed by atoms with Gasteiger partial charge < -0.3 is 9.72 Å². The summed E-state index contributed by atoms with van der Waals surface area (Å²) in [6.07, 6.45) is 0.924. The van der Waals surface area contributed by atoms with Crippen molar-refractivity contribution < 1.29 is 4.74 Å². The van der Waals surface area contributed by atoms with Crippen LogP contribution < -0.4 is 10.2 Å². The molecule has 0 atom stereocenters. The molecule has 102 valence electrons. The van der Waals surface area contributed by atoms with Gasteiger partial charge in [0.05, 0.1) is 12.3 Å². The molecule has 0 aliphatic rings. The van der Waals surface area contributed by atoms with Crippen molar-refractivity contribution in [2.24, 2.45) is 0 Å². The summed E-state index contributed by atoms with van der Waals surface area (Å²) >= 11 is 0. The first-order valence-corrected chi connectivity index (χ1v) is 6.46. The average Bonchev–Trinajstić information content (AvgIpc) is 2.94. The standard InChI is InChI=1S/C14H14N4O2/c1-2-7-20-12-6-4-3-5-9(12)10-8-11(19)13-14(15-10)17-18-16-13/h3-6,8H,2,7H2,1H3,(H2,15,16,17,18,19). The van der Waals surface area contributed by atoms with Crippen LogP contribution in [0.15, 0.2) is 35.1 Å². The lowest BCUT2D eigenvalue weighted by molar-refractivity contribution is 0.318.